The molecule has 2 heterocycles. The Morgan fingerprint density at radius 2 is 2.07 bits per heavy atom. The lowest BCUT2D eigenvalue weighted by Gasteiger charge is -2.06. The fourth-order valence-electron chi connectivity index (χ4n) is 1.70. The van der Waals surface area contributed by atoms with Crippen molar-refractivity contribution in [1.29, 1.82) is 0 Å². The summed E-state index contributed by atoms with van der Waals surface area (Å²) < 4.78 is 1.83. The number of H-pyrrole nitrogens is 1. The van der Waals surface area contributed by atoms with Gasteiger partial charge in [0.15, 0.2) is 0 Å². The lowest BCUT2D eigenvalue weighted by Crippen LogP contribution is -2.13. The second kappa shape index (κ2) is 3.22. The van der Waals surface area contributed by atoms with Crippen LogP contribution in [0.5, 0.6) is 0 Å². The fraction of sp³-hybridized carbons (Fsp3) is 0.455. The number of hydrogen-bond acceptors (Lipinski definition) is 2. The highest BCUT2D eigenvalue weighted by atomic mass is 16.1. The molecule has 15 heavy (non-hydrogen) atoms. The van der Waals surface area contributed by atoms with Gasteiger partial charge in [-0.15, -0.1) is 0 Å². The van der Waals surface area contributed by atoms with Crippen LogP contribution in [0, 0.1) is 13.8 Å². The van der Waals surface area contributed by atoms with E-state index in [4.69, 9.17) is 0 Å². The molecular weight excluding hydrogens is 190 g/mol. The molecule has 2 aromatic rings. The van der Waals surface area contributed by atoms with Crippen LogP contribution in [0.2, 0.25) is 0 Å². The van der Waals surface area contributed by atoms with Gasteiger partial charge >= 0.3 is 0 Å². The molecule has 0 amide bonds. The minimum absolute atomic E-state index is 0.0609. The minimum atomic E-state index is -0.0609. The maximum atomic E-state index is 11.5. The molecule has 0 unspecified atom stereocenters. The first-order chi connectivity index (χ1) is 7.00. The van der Waals surface area contributed by atoms with Crippen molar-refractivity contribution >= 4 is 5.65 Å². The van der Waals surface area contributed by atoms with Crippen LogP contribution in [0.3, 0.4) is 0 Å². The van der Waals surface area contributed by atoms with Gasteiger partial charge < -0.3 is 4.98 Å². The molecule has 4 nitrogen and oxygen atoms in total. The van der Waals surface area contributed by atoms with Crippen molar-refractivity contribution in [2.24, 2.45) is 0 Å². The monoisotopic (exact) mass is 205 g/mol. The van der Waals surface area contributed by atoms with E-state index in [9.17, 15) is 4.79 Å². The average Bonchev–Trinajstić information content (AvgIpc) is 2.43. The highest BCUT2D eigenvalue weighted by Gasteiger charge is 2.11. The number of fused-ring (bicyclic) bond motifs is 1. The predicted octanol–water partition coefficient (Wildman–Crippen LogP) is 1.76. The predicted molar refractivity (Wildman–Crippen MR) is 59.4 cm³/mol. The molecule has 80 valence electrons. The molecule has 0 aliphatic rings. The molecule has 2 aromatic heterocycles. The molecule has 2 rings (SSSR count). The standard InChI is InChI=1S/C11H15N3O/c1-6(2)9-5-10(15)12-11-7(3)8(4)13-14(9)11/h5-6H,1-4H3,(H,12,15). The van der Waals surface area contributed by atoms with Crippen LogP contribution >= 0.6 is 0 Å². The van der Waals surface area contributed by atoms with Gasteiger partial charge in [0.25, 0.3) is 5.56 Å². The number of aryl methyl sites for hydroxylation is 2. The van der Waals surface area contributed by atoms with Crippen molar-refractivity contribution in [3.05, 3.63) is 33.4 Å². The first kappa shape index (κ1) is 9.96. The van der Waals surface area contributed by atoms with Crippen LogP contribution in [0.4, 0.5) is 0 Å². The van der Waals surface area contributed by atoms with Crippen molar-refractivity contribution in [3.63, 3.8) is 0 Å². The lowest BCUT2D eigenvalue weighted by atomic mass is 10.1. The van der Waals surface area contributed by atoms with E-state index in [2.05, 4.69) is 23.9 Å². The zero-order valence-electron chi connectivity index (χ0n) is 9.46. The topological polar surface area (TPSA) is 50.2 Å². The Balaban J connectivity index is 2.92. The smallest absolute Gasteiger partial charge is 0.251 e. The Labute approximate surface area is 87.9 Å². The third-order valence-electron chi connectivity index (χ3n) is 2.72. The number of nitrogens with zero attached hydrogens (tertiary/aromatic N) is 2. The van der Waals surface area contributed by atoms with Crippen LogP contribution in [-0.4, -0.2) is 14.6 Å². The summed E-state index contributed by atoms with van der Waals surface area (Å²) in [7, 11) is 0. The number of rotatable bonds is 1. The van der Waals surface area contributed by atoms with Crippen molar-refractivity contribution < 1.29 is 0 Å². The Hall–Kier alpha value is -1.58. The van der Waals surface area contributed by atoms with Crippen molar-refractivity contribution in [3.8, 4) is 0 Å². The van der Waals surface area contributed by atoms with Gasteiger partial charge in [0.2, 0.25) is 0 Å². The third-order valence-corrected chi connectivity index (χ3v) is 2.72. The van der Waals surface area contributed by atoms with Gasteiger partial charge in [-0.2, -0.15) is 5.10 Å². The summed E-state index contributed by atoms with van der Waals surface area (Å²) in [6.45, 7) is 8.03. The second-order valence-electron chi connectivity index (χ2n) is 4.18. The third kappa shape index (κ3) is 1.46. The molecule has 0 spiro atoms. The molecule has 0 saturated carbocycles. The van der Waals surface area contributed by atoms with Crippen LogP contribution in [0.15, 0.2) is 10.9 Å². The summed E-state index contributed by atoms with van der Waals surface area (Å²) in [5.74, 6) is 0.286. The minimum Gasteiger partial charge on any atom is -0.307 e. The van der Waals surface area contributed by atoms with Crippen LogP contribution < -0.4 is 5.56 Å². The van der Waals surface area contributed by atoms with Gasteiger partial charge in [0, 0.05) is 11.6 Å². The van der Waals surface area contributed by atoms with Gasteiger partial charge in [-0.1, -0.05) is 13.8 Å². The molecule has 0 saturated heterocycles. The Bertz CT molecular complexity index is 563. The number of aromatic nitrogens is 3. The van der Waals surface area contributed by atoms with Crippen LogP contribution in [0.25, 0.3) is 5.65 Å². The molecule has 0 fully saturated rings. The Kier molecular flexibility index (Phi) is 2.14. The van der Waals surface area contributed by atoms with E-state index in [1.165, 1.54) is 0 Å². The van der Waals surface area contributed by atoms with E-state index >= 15 is 0 Å². The molecule has 0 atom stereocenters. The maximum Gasteiger partial charge on any atom is 0.251 e. The van der Waals surface area contributed by atoms with Crippen molar-refractivity contribution in [2.75, 3.05) is 0 Å². The highest BCUT2D eigenvalue weighted by molar-refractivity contribution is 5.49. The molecule has 4 heteroatoms. The summed E-state index contributed by atoms with van der Waals surface area (Å²) in [4.78, 5) is 14.3. The largest absolute Gasteiger partial charge is 0.307 e. The highest BCUT2D eigenvalue weighted by Crippen LogP contribution is 2.16. The summed E-state index contributed by atoms with van der Waals surface area (Å²) >= 11 is 0. The summed E-state index contributed by atoms with van der Waals surface area (Å²) in [5.41, 5.74) is 3.69. The molecule has 1 N–H and O–H groups in total. The lowest BCUT2D eigenvalue weighted by molar-refractivity contribution is 0.741. The van der Waals surface area contributed by atoms with Crippen molar-refractivity contribution in [1.82, 2.24) is 14.6 Å². The van der Waals surface area contributed by atoms with E-state index < -0.39 is 0 Å². The Morgan fingerprint density at radius 1 is 1.40 bits per heavy atom. The number of hydrogen-bond donors (Lipinski definition) is 1. The summed E-state index contributed by atoms with van der Waals surface area (Å²) in [5, 5.41) is 4.42. The maximum absolute atomic E-state index is 11.5. The van der Waals surface area contributed by atoms with Gasteiger partial charge in [-0.25, -0.2) is 4.52 Å². The van der Waals surface area contributed by atoms with E-state index in [1.54, 1.807) is 6.07 Å². The van der Waals surface area contributed by atoms with Crippen LogP contribution in [0.1, 0.15) is 36.7 Å². The fourth-order valence-corrected chi connectivity index (χ4v) is 1.70. The Morgan fingerprint density at radius 3 is 2.67 bits per heavy atom. The van der Waals surface area contributed by atoms with E-state index in [0.29, 0.717) is 0 Å². The van der Waals surface area contributed by atoms with Gasteiger partial charge in [-0.05, 0) is 19.8 Å². The summed E-state index contributed by atoms with van der Waals surface area (Å²) in [6.07, 6.45) is 0. The molecule has 0 bridgehead atoms. The SMILES string of the molecule is Cc1nn2c(C(C)C)cc(=O)[nH]c2c1C. The van der Waals surface area contributed by atoms with Gasteiger partial charge in [0.05, 0.1) is 11.4 Å². The second-order valence-corrected chi connectivity index (χ2v) is 4.18. The van der Waals surface area contributed by atoms with Crippen molar-refractivity contribution in [2.45, 2.75) is 33.6 Å². The zero-order valence-corrected chi connectivity index (χ0v) is 9.46. The molecular formula is C11H15N3O. The molecule has 0 aliphatic carbocycles. The molecule has 0 aromatic carbocycles. The van der Waals surface area contributed by atoms with E-state index in [0.717, 1.165) is 22.6 Å². The van der Waals surface area contributed by atoms with Crippen LogP contribution in [-0.2, 0) is 0 Å². The first-order valence-corrected chi connectivity index (χ1v) is 5.10. The van der Waals surface area contributed by atoms with Gasteiger partial charge in [0.1, 0.15) is 5.65 Å². The normalized spacial score (nSPS) is 11.5. The van der Waals surface area contributed by atoms with E-state index in [-0.39, 0.29) is 11.5 Å². The summed E-state index contributed by atoms with van der Waals surface area (Å²) in [6, 6.07) is 1.61. The zero-order chi connectivity index (χ0) is 11.2. The quantitative estimate of drug-likeness (QED) is 0.771. The van der Waals surface area contributed by atoms with Gasteiger partial charge in [-0.3, -0.25) is 4.79 Å². The first-order valence-electron chi connectivity index (χ1n) is 5.10. The average molecular weight is 205 g/mol. The molecule has 0 radical (unpaired) electrons. The number of nitrogens with one attached hydrogen (secondary N) is 1. The number of aromatic amines is 1. The van der Waals surface area contributed by atoms with E-state index in [1.807, 2.05) is 18.4 Å². The molecule has 0 aliphatic heterocycles.